The van der Waals surface area contributed by atoms with E-state index in [1.54, 1.807) is 36.7 Å². The van der Waals surface area contributed by atoms with Crippen LogP contribution in [0.5, 0.6) is 0 Å². The molecule has 4 aromatic rings. The van der Waals surface area contributed by atoms with E-state index in [-0.39, 0.29) is 17.3 Å². The molecule has 6 nitrogen and oxygen atoms in total. The Kier molecular flexibility index (Phi) is 9.19. The summed E-state index contributed by atoms with van der Waals surface area (Å²) in [5.41, 5.74) is 8.80. The molecule has 3 aromatic carbocycles. The lowest BCUT2D eigenvalue weighted by Crippen LogP contribution is -2.32. The minimum atomic E-state index is -1.06. The second-order valence-corrected chi connectivity index (χ2v) is 10.0. The van der Waals surface area contributed by atoms with Gasteiger partial charge in [-0.1, -0.05) is 78.9 Å². The summed E-state index contributed by atoms with van der Waals surface area (Å²) >= 11 is 1.35. The first-order valence-electron chi connectivity index (χ1n) is 12.2. The van der Waals surface area contributed by atoms with Gasteiger partial charge in [0.2, 0.25) is 0 Å². The fourth-order valence-corrected chi connectivity index (χ4v) is 5.16. The maximum absolute atomic E-state index is 13.4. The van der Waals surface area contributed by atoms with Gasteiger partial charge in [-0.2, -0.15) is 11.8 Å². The maximum Gasteiger partial charge on any atom is 0.321 e. The molecular weight excluding hydrogens is 496 g/mol. The number of carbonyl (C=O) groups excluding carboxylic acids is 2. The van der Waals surface area contributed by atoms with E-state index < -0.39 is 17.9 Å². The van der Waals surface area contributed by atoms with Crippen LogP contribution in [0.15, 0.2) is 97.3 Å². The number of aromatic nitrogens is 1. The van der Waals surface area contributed by atoms with Gasteiger partial charge < -0.3 is 10.8 Å². The van der Waals surface area contributed by atoms with E-state index in [4.69, 9.17) is 10.8 Å². The Hall–Kier alpha value is -4.07. The molecule has 4 rings (SSSR count). The molecule has 0 saturated carbocycles. The van der Waals surface area contributed by atoms with Gasteiger partial charge in [0.05, 0.1) is 5.92 Å². The third-order valence-electron chi connectivity index (χ3n) is 6.16. The van der Waals surface area contributed by atoms with Crippen molar-refractivity contribution in [3.8, 4) is 0 Å². The summed E-state index contributed by atoms with van der Waals surface area (Å²) in [7, 11) is 0. The summed E-state index contributed by atoms with van der Waals surface area (Å²) in [5, 5.41) is 11.1. The van der Waals surface area contributed by atoms with Crippen LogP contribution in [0.25, 0.3) is 16.8 Å². The van der Waals surface area contributed by atoms with E-state index in [9.17, 15) is 14.4 Å². The van der Waals surface area contributed by atoms with Crippen molar-refractivity contribution < 1.29 is 19.5 Å². The molecule has 0 aliphatic rings. The number of pyridine rings is 1. The predicted octanol–water partition coefficient (Wildman–Crippen LogP) is 5.17. The molecule has 0 aliphatic heterocycles. The molecule has 2 atom stereocenters. The van der Waals surface area contributed by atoms with Gasteiger partial charge in [-0.25, -0.2) is 0 Å². The SMILES string of the molecule is N[C@@H](CSCC(C(=O)c1ccc(/C=C/C(=O)Cc2ccc3cnccc3c2)cc1)c1ccccc1)C(=O)O. The van der Waals surface area contributed by atoms with Crippen molar-refractivity contribution in [1.82, 2.24) is 4.98 Å². The van der Waals surface area contributed by atoms with Gasteiger partial charge in [-0.3, -0.25) is 19.4 Å². The first-order valence-corrected chi connectivity index (χ1v) is 13.3. The Morgan fingerprint density at radius 3 is 2.42 bits per heavy atom. The van der Waals surface area contributed by atoms with Crippen molar-refractivity contribution in [3.63, 3.8) is 0 Å². The number of hydrogen-bond acceptors (Lipinski definition) is 6. The maximum atomic E-state index is 13.4. The molecule has 192 valence electrons. The molecular formula is C31H28N2O4S. The minimum Gasteiger partial charge on any atom is -0.480 e. The van der Waals surface area contributed by atoms with Crippen LogP contribution in [0.3, 0.4) is 0 Å². The zero-order valence-corrected chi connectivity index (χ0v) is 21.5. The average molecular weight is 525 g/mol. The highest BCUT2D eigenvalue weighted by Crippen LogP contribution is 2.26. The molecule has 0 aliphatic carbocycles. The summed E-state index contributed by atoms with van der Waals surface area (Å²) in [6, 6.07) is 23.4. The molecule has 0 spiro atoms. The predicted molar refractivity (Wildman–Crippen MR) is 152 cm³/mol. The third-order valence-corrected chi connectivity index (χ3v) is 7.32. The number of fused-ring (bicyclic) bond motifs is 1. The third kappa shape index (κ3) is 7.25. The summed E-state index contributed by atoms with van der Waals surface area (Å²) in [4.78, 5) is 41.1. The van der Waals surface area contributed by atoms with Gasteiger partial charge in [0, 0.05) is 41.3 Å². The zero-order chi connectivity index (χ0) is 26.9. The Morgan fingerprint density at radius 1 is 0.921 bits per heavy atom. The number of thioether (sulfide) groups is 1. The lowest BCUT2D eigenvalue weighted by molar-refractivity contribution is -0.137. The second kappa shape index (κ2) is 12.9. The number of hydrogen-bond donors (Lipinski definition) is 2. The summed E-state index contributed by atoms with van der Waals surface area (Å²) in [5.74, 6) is -0.907. The molecule has 0 bridgehead atoms. The van der Waals surface area contributed by atoms with Crippen molar-refractivity contribution in [2.75, 3.05) is 11.5 Å². The number of nitrogens with zero attached hydrogens (tertiary/aromatic N) is 1. The van der Waals surface area contributed by atoms with Crippen LogP contribution in [0.4, 0.5) is 0 Å². The second-order valence-electron chi connectivity index (χ2n) is 8.97. The van der Waals surface area contributed by atoms with Crippen LogP contribution in [0.2, 0.25) is 0 Å². The normalized spacial score (nSPS) is 12.9. The van der Waals surface area contributed by atoms with Crippen molar-refractivity contribution in [2.45, 2.75) is 18.4 Å². The van der Waals surface area contributed by atoms with E-state index in [0.29, 0.717) is 17.7 Å². The van der Waals surface area contributed by atoms with Gasteiger partial charge in [-0.15, -0.1) is 0 Å². The van der Waals surface area contributed by atoms with E-state index >= 15 is 0 Å². The van der Waals surface area contributed by atoms with E-state index in [2.05, 4.69) is 4.98 Å². The smallest absolute Gasteiger partial charge is 0.321 e. The highest BCUT2D eigenvalue weighted by atomic mass is 32.2. The average Bonchev–Trinajstić information content (AvgIpc) is 2.94. The van der Waals surface area contributed by atoms with Gasteiger partial charge >= 0.3 is 5.97 Å². The van der Waals surface area contributed by atoms with E-state index in [1.807, 2.05) is 66.7 Å². The lowest BCUT2D eigenvalue weighted by atomic mass is 9.92. The molecule has 0 fully saturated rings. The Bertz CT molecular complexity index is 1450. The van der Waals surface area contributed by atoms with Crippen LogP contribution in [-0.4, -0.2) is 45.2 Å². The number of nitrogens with two attached hydrogens (primary N) is 1. The fraction of sp³-hybridized carbons (Fsp3) is 0.161. The zero-order valence-electron chi connectivity index (χ0n) is 20.7. The van der Waals surface area contributed by atoms with E-state index in [0.717, 1.165) is 27.5 Å². The van der Waals surface area contributed by atoms with Gasteiger partial charge in [0.25, 0.3) is 0 Å². The van der Waals surface area contributed by atoms with Crippen LogP contribution in [-0.2, 0) is 16.0 Å². The Labute approximate surface area is 225 Å². The fourth-order valence-electron chi connectivity index (χ4n) is 4.04. The van der Waals surface area contributed by atoms with Crippen molar-refractivity contribution >= 4 is 46.1 Å². The number of ketones is 2. The highest BCUT2D eigenvalue weighted by Gasteiger charge is 2.23. The number of allylic oxidation sites excluding steroid dienone is 1. The number of carboxylic acids is 1. The van der Waals surface area contributed by atoms with Gasteiger partial charge in [0.1, 0.15) is 6.04 Å². The molecule has 0 radical (unpaired) electrons. The highest BCUT2D eigenvalue weighted by molar-refractivity contribution is 7.99. The Morgan fingerprint density at radius 2 is 1.68 bits per heavy atom. The number of carbonyl (C=O) groups is 3. The van der Waals surface area contributed by atoms with Gasteiger partial charge in [0.15, 0.2) is 11.6 Å². The molecule has 3 N–H and O–H groups in total. The molecule has 38 heavy (non-hydrogen) atoms. The molecule has 1 heterocycles. The summed E-state index contributed by atoms with van der Waals surface area (Å²) in [6.07, 6.45) is 7.14. The van der Waals surface area contributed by atoms with Crippen molar-refractivity contribution in [2.24, 2.45) is 5.73 Å². The summed E-state index contributed by atoms with van der Waals surface area (Å²) in [6.45, 7) is 0. The van der Waals surface area contributed by atoms with Crippen molar-refractivity contribution in [1.29, 1.82) is 0 Å². The molecule has 0 saturated heterocycles. The van der Waals surface area contributed by atoms with E-state index in [1.165, 1.54) is 11.8 Å². The standard InChI is InChI=1S/C31H28N2O4S/c32-29(31(36)37)20-38-19-28(23-4-2-1-3-5-23)30(35)24-10-6-21(7-11-24)9-13-27(34)17-22-8-12-26-18-33-15-14-25(26)16-22/h1-16,18,28-29H,17,19-20,32H2,(H,36,37)/b13-9+/t28?,29-/m0/s1. The largest absolute Gasteiger partial charge is 0.480 e. The quantitative estimate of drug-likeness (QED) is 0.194. The number of benzene rings is 3. The van der Waals surface area contributed by atoms with Crippen LogP contribution >= 0.6 is 11.8 Å². The lowest BCUT2D eigenvalue weighted by Gasteiger charge is -2.17. The minimum absolute atomic E-state index is 0.0145. The van der Waals surface area contributed by atoms with Crippen LogP contribution in [0, 0.1) is 0 Å². The number of carboxylic acid groups (broad SMARTS) is 1. The number of rotatable bonds is 12. The number of aliphatic carboxylic acids is 1. The molecule has 1 unspecified atom stereocenters. The number of Topliss-reactive ketones (excluding diaryl/α,β-unsaturated/α-hetero) is 1. The summed E-state index contributed by atoms with van der Waals surface area (Å²) < 4.78 is 0. The van der Waals surface area contributed by atoms with Crippen molar-refractivity contribution in [3.05, 3.63) is 120 Å². The first kappa shape index (κ1) is 27.0. The molecule has 0 amide bonds. The molecule has 1 aromatic heterocycles. The monoisotopic (exact) mass is 524 g/mol. The van der Waals surface area contributed by atoms with Crippen LogP contribution in [0.1, 0.15) is 33.0 Å². The topological polar surface area (TPSA) is 110 Å². The van der Waals surface area contributed by atoms with Gasteiger partial charge in [-0.05, 0) is 34.2 Å². The van der Waals surface area contributed by atoms with Crippen LogP contribution < -0.4 is 5.73 Å². The first-order chi connectivity index (χ1) is 18.4. The Balaban J connectivity index is 1.40. The molecule has 7 heteroatoms.